The monoisotopic (exact) mass is 274 g/mol. The first-order chi connectivity index (χ1) is 9.61. The maximum absolute atomic E-state index is 8.68. The van der Waals surface area contributed by atoms with Crippen LogP contribution in [-0.4, -0.2) is 55.7 Å². The number of hydrogen-bond acceptors (Lipinski definition) is 3. The lowest BCUT2D eigenvalue weighted by Gasteiger charge is -2.18. The number of rotatable bonds is 7. The van der Waals surface area contributed by atoms with Crippen LogP contribution in [0.3, 0.4) is 0 Å². The molecule has 0 spiro atoms. The van der Waals surface area contributed by atoms with E-state index in [-0.39, 0.29) is 6.61 Å². The molecule has 1 aromatic carbocycles. The minimum Gasteiger partial charge on any atom is -0.395 e. The van der Waals surface area contributed by atoms with Crippen LogP contribution in [0.1, 0.15) is 24.0 Å². The van der Waals surface area contributed by atoms with Crippen LogP contribution in [0.4, 0.5) is 0 Å². The predicted octanol–water partition coefficient (Wildman–Crippen LogP) is 1.80. The molecule has 1 aromatic rings. The average molecular weight is 274 g/mol. The van der Waals surface area contributed by atoms with Crippen molar-refractivity contribution in [1.82, 2.24) is 9.80 Å². The van der Waals surface area contributed by atoms with E-state index in [1.54, 1.807) is 0 Å². The molecule has 0 aliphatic heterocycles. The molecule has 3 heteroatoms. The van der Waals surface area contributed by atoms with Crippen LogP contribution in [0, 0.1) is 11.8 Å². The van der Waals surface area contributed by atoms with Gasteiger partial charge in [-0.15, -0.1) is 0 Å². The molecule has 0 saturated carbocycles. The van der Waals surface area contributed by atoms with Crippen molar-refractivity contribution in [2.75, 3.05) is 40.8 Å². The van der Waals surface area contributed by atoms with Gasteiger partial charge in [-0.25, -0.2) is 0 Å². The van der Waals surface area contributed by atoms with Crippen LogP contribution >= 0.6 is 0 Å². The summed E-state index contributed by atoms with van der Waals surface area (Å²) in [4.78, 5) is 4.56. The van der Waals surface area contributed by atoms with Crippen molar-refractivity contribution in [3.05, 3.63) is 35.4 Å². The Morgan fingerprint density at radius 3 is 2.35 bits per heavy atom. The Kier molecular flexibility index (Phi) is 7.98. The summed E-state index contributed by atoms with van der Waals surface area (Å²) in [5, 5.41) is 8.68. The molecular formula is C17H26N2O. The zero-order valence-corrected chi connectivity index (χ0v) is 12.9. The molecule has 0 unspecified atom stereocenters. The first-order valence-electron chi connectivity index (χ1n) is 7.14. The van der Waals surface area contributed by atoms with Crippen LogP contribution in [0.25, 0.3) is 0 Å². The number of aliphatic hydroxyl groups is 1. The molecular weight excluding hydrogens is 248 g/mol. The Labute approximate surface area is 123 Å². The molecule has 1 rings (SSSR count). The highest BCUT2D eigenvalue weighted by Crippen LogP contribution is 2.06. The maximum Gasteiger partial charge on any atom is 0.0540 e. The van der Waals surface area contributed by atoms with E-state index in [0.29, 0.717) is 6.42 Å². The van der Waals surface area contributed by atoms with Gasteiger partial charge in [0.1, 0.15) is 0 Å². The lowest BCUT2D eigenvalue weighted by atomic mass is 10.1. The summed E-state index contributed by atoms with van der Waals surface area (Å²) in [6.45, 7) is 3.33. The second-order valence-electron chi connectivity index (χ2n) is 5.37. The van der Waals surface area contributed by atoms with E-state index in [2.05, 4.69) is 54.9 Å². The van der Waals surface area contributed by atoms with Gasteiger partial charge in [0.15, 0.2) is 0 Å². The van der Waals surface area contributed by atoms with Gasteiger partial charge >= 0.3 is 0 Å². The Balaban J connectivity index is 2.39. The highest BCUT2D eigenvalue weighted by molar-refractivity contribution is 5.36. The lowest BCUT2D eigenvalue weighted by Crippen LogP contribution is -2.23. The summed E-state index contributed by atoms with van der Waals surface area (Å²) in [6.07, 6.45) is 1.73. The van der Waals surface area contributed by atoms with Gasteiger partial charge in [-0.3, -0.25) is 0 Å². The van der Waals surface area contributed by atoms with Gasteiger partial charge in [-0.2, -0.15) is 0 Å². The number of benzene rings is 1. The van der Waals surface area contributed by atoms with E-state index in [9.17, 15) is 0 Å². The minimum absolute atomic E-state index is 0.128. The molecule has 0 radical (unpaired) electrons. The van der Waals surface area contributed by atoms with Gasteiger partial charge in [0, 0.05) is 18.5 Å². The van der Waals surface area contributed by atoms with E-state index < -0.39 is 0 Å². The van der Waals surface area contributed by atoms with Crippen molar-refractivity contribution in [1.29, 1.82) is 0 Å². The molecule has 0 amide bonds. The third-order valence-electron chi connectivity index (χ3n) is 3.02. The van der Waals surface area contributed by atoms with Gasteiger partial charge < -0.3 is 14.9 Å². The Morgan fingerprint density at radius 2 is 1.75 bits per heavy atom. The molecule has 0 aliphatic carbocycles. The molecule has 0 fully saturated rings. The highest BCUT2D eigenvalue weighted by atomic mass is 16.2. The molecule has 0 atom stereocenters. The van der Waals surface area contributed by atoms with E-state index in [4.69, 9.17) is 5.11 Å². The van der Waals surface area contributed by atoms with Gasteiger partial charge in [0.2, 0.25) is 0 Å². The van der Waals surface area contributed by atoms with Crippen molar-refractivity contribution in [3.63, 3.8) is 0 Å². The quantitative estimate of drug-likeness (QED) is 0.768. The first-order valence-corrected chi connectivity index (χ1v) is 7.14. The van der Waals surface area contributed by atoms with Crippen LogP contribution in [0.15, 0.2) is 24.3 Å². The molecule has 0 saturated heterocycles. The Hall–Kier alpha value is -1.34. The number of aliphatic hydroxyl groups excluding tert-OH is 1. The van der Waals surface area contributed by atoms with E-state index in [0.717, 1.165) is 25.2 Å². The van der Waals surface area contributed by atoms with Crippen LogP contribution < -0.4 is 0 Å². The molecule has 0 aromatic heterocycles. The summed E-state index contributed by atoms with van der Waals surface area (Å²) in [5.74, 6) is 5.98. The van der Waals surface area contributed by atoms with Crippen LogP contribution in [-0.2, 0) is 6.54 Å². The van der Waals surface area contributed by atoms with Crippen molar-refractivity contribution in [3.8, 4) is 11.8 Å². The van der Waals surface area contributed by atoms with Crippen molar-refractivity contribution < 1.29 is 5.11 Å². The van der Waals surface area contributed by atoms with Crippen LogP contribution in [0.5, 0.6) is 0 Å². The standard InChI is InChI=1S/C17H26N2O/c1-18(2)12-6-13-19(3)15-17-10-8-16(9-11-17)7-4-5-14-20/h8-11,20H,5-6,12-15H2,1-3H3. The van der Waals surface area contributed by atoms with Gasteiger partial charge in [-0.05, 0) is 58.3 Å². The van der Waals surface area contributed by atoms with Crippen LogP contribution in [0.2, 0.25) is 0 Å². The van der Waals surface area contributed by atoms with E-state index >= 15 is 0 Å². The normalized spacial score (nSPS) is 10.7. The number of hydrogen-bond donors (Lipinski definition) is 1. The van der Waals surface area contributed by atoms with Gasteiger partial charge in [0.25, 0.3) is 0 Å². The molecule has 0 bridgehead atoms. The molecule has 0 heterocycles. The van der Waals surface area contributed by atoms with Gasteiger partial charge in [0.05, 0.1) is 6.61 Å². The molecule has 110 valence electrons. The highest BCUT2D eigenvalue weighted by Gasteiger charge is 2.00. The predicted molar refractivity (Wildman–Crippen MR) is 84.5 cm³/mol. The summed E-state index contributed by atoms with van der Waals surface area (Å²) >= 11 is 0. The fraction of sp³-hybridized carbons (Fsp3) is 0.529. The fourth-order valence-electron chi connectivity index (χ4n) is 1.96. The second kappa shape index (κ2) is 9.55. The smallest absolute Gasteiger partial charge is 0.0540 e. The molecule has 0 aliphatic rings. The van der Waals surface area contributed by atoms with Gasteiger partial charge in [-0.1, -0.05) is 24.0 Å². The largest absolute Gasteiger partial charge is 0.395 e. The van der Waals surface area contributed by atoms with E-state index in [1.807, 2.05) is 12.1 Å². The summed E-state index contributed by atoms with van der Waals surface area (Å²) in [7, 11) is 6.37. The third-order valence-corrected chi connectivity index (χ3v) is 3.02. The maximum atomic E-state index is 8.68. The molecule has 20 heavy (non-hydrogen) atoms. The average Bonchev–Trinajstić information content (AvgIpc) is 2.40. The Morgan fingerprint density at radius 1 is 1.05 bits per heavy atom. The van der Waals surface area contributed by atoms with Crippen molar-refractivity contribution in [2.45, 2.75) is 19.4 Å². The SMILES string of the molecule is CN(C)CCCN(C)Cc1ccc(C#CCCO)cc1. The number of nitrogens with zero attached hydrogens (tertiary/aromatic N) is 2. The zero-order valence-electron chi connectivity index (χ0n) is 12.9. The second-order valence-corrected chi connectivity index (χ2v) is 5.37. The van der Waals surface area contributed by atoms with E-state index in [1.165, 1.54) is 12.0 Å². The first kappa shape index (κ1) is 16.7. The van der Waals surface area contributed by atoms with Crippen molar-refractivity contribution >= 4 is 0 Å². The Bertz CT molecular complexity index is 429. The molecule has 1 N–H and O–H groups in total. The summed E-state index contributed by atoms with van der Waals surface area (Å²) in [5.41, 5.74) is 2.32. The third kappa shape index (κ3) is 7.30. The lowest BCUT2D eigenvalue weighted by molar-refractivity contribution is 0.294. The van der Waals surface area contributed by atoms with Crippen molar-refractivity contribution in [2.24, 2.45) is 0 Å². The zero-order chi connectivity index (χ0) is 14.8. The fourth-order valence-corrected chi connectivity index (χ4v) is 1.96. The summed E-state index contributed by atoms with van der Waals surface area (Å²) in [6, 6.07) is 8.36. The topological polar surface area (TPSA) is 26.7 Å². The minimum atomic E-state index is 0.128. The summed E-state index contributed by atoms with van der Waals surface area (Å²) < 4.78 is 0. The molecule has 3 nitrogen and oxygen atoms in total.